The number of carbonyl (C=O) groups is 3. The number of rotatable bonds is 11. The molecule has 37 heavy (non-hydrogen) atoms. The van der Waals surface area contributed by atoms with E-state index in [9.17, 15) is 37.7 Å². The van der Waals surface area contributed by atoms with Crippen molar-refractivity contribution in [3.63, 3.8) is 0 Å². The second kappa shape index (κ2) is 11.9. The van der Waals surface area contributed by atoms with Gasteiger partial charge in [-0.05, 0) is 50.6 Å². The van der Waals surface area contributed by atoms with Crippen LogP contribution in [-0.4, -0.2) is 35.9 Å². The molecule has 0 saturated heterocycles. The number of nitrogens with zero attached hydrogens (tertiary/aromatic N) is 1. The van der Waals surface area contributed by atoms with Gasteiger partial charge in [0.25, 0.3) is 5.69 Å². The first-order chi connectivity index (χ1) is 17.3. The van der Waals surface area contributed by atoms with E-state index in [2.05, 4.69) is 6.58 Å². The van der Waals surface area contributed by atoms with Gasteiger partial charge in [0, 0.05) is 6.07 Å². The summed E-state index contributed by atoms with van der Waals surface area (Å²) < 4.78 is 54.1. The topological polar surface area (TPSA) is 122 Å². The number of allylic oxidation sites excluding steroid dienone is 1. The van der Waals surface area contributed by atoms with E-state index in [0.29, 0.717) is 12.1 Å². The van der Waals surface area contributed by atoms with E-state index in [1.807, 2.05) is 0 Å². The first-order valence-electron chi connectivity index (χ1n) is 10.7. The maximum Gasteiger partial charge on any atom is 0.416 e. The summed E-state index contributed by atoms with van der Waals surface area (Å²) in [7, 11) is 0. The summed E-state index contributed by atoms with van der Waals surface area (Å²) in [5.74, 6) is -4.43. The molecule has 0 aliphatic rings. The Hall–Kier alpha value is -3.93. The van der Waals surface area contributed by atoms with Crippen LogP contribution in [0.15, 0.2) is 49.1 Å². The highest BCUT2D eigenvalue weighted by atomic mass is 35.5. The third-order valence-corrected chi connectivity index (χ3v) is 5.28. The minimum atomic E-state index is -4.66. The fourth-order valence-corrected chi connectivity index (χ4v) is 3.51. The molecule has 2 aromatic rings. The molecule has 0 fully saturated rings. The van der Waals surface area contributed by atoms with Crippen molar-refractivity contribution in [3.05, 3.63) is 75.3 Å². The van der Waals surface area contributed by atoms with E-state index >= 15 is 0 Å². The normalized spacial score (nSPS) is 11.4. The van der Waals surface area contributed by atoms with Gasteiger partial charge in [0.15, 0.2) is 5.78 Å². The summed E-state index contributed by atoms with van der Waals surface area (Å²) >= 11 is 5.90. The highest BCUT2D eigenvalue weighted by molar-refractivity contribution is 6.32. The minimum Gasteiger partial charge on any atom is -0.465 e. The van der Waals surface area contributed by atoms with Crippen LogP contribution in [0.3, 0.4) is 0 Å². The molecule has 2 aromatic carbocycles. The Kier molecular flexibility index (Phi) is 9.40. The number of hydrogen-bond acceptors (Lipinski definition) is 8. The number of carbonyl (C=O) groups excluding carboxylic acids is 3. The molecule has 9 nitrogen and oxygen atoms in total. The summed E-state index contributed by atoms with van der Waals surface area (Å²) in [6.07, 6.45) is -4.18. The number of Topliss-reactive ketones (excluding diaryl/α,β-unsaturated/α-hetero) is 1. The van der Waals surface area contributed by atoms with Crippen molar-refractivity contribution in [1.82, 2.24) is 0 Å². The Morgan fingerprint density at radius 2 is 1.65 bits per heavy atom. The molecule has 0 unspecified atom stereocenters. The van der Waals surface area contributed by atoms with Gasteiger partial charge in [-0.15, -0.1) is 6.58 Å². The van der Waals surface area contributed by atoms with Gasteiger partial charge in [0.05, 0.1) is 28.7 Å². The summed E-state index contributed by atoms with van der Waals surface area (Å²) in [6.45, 7) is 5.87. The number of esters is 2. The van der Waals surface area contributed by atoms with Gasteiger partial charge in [0.1, 0.15) is 17.1 Å². The largest absolute Gasteiger partial charge is 0.465 e. The molecule has 0 aromatic heterocycles. The number of benzene rings is 2. The van der Waals surface area contributed by atoms with Crippen molar-refractivity contribution in [3.8, 4) is 11.5 Å². The smallest absolute Gasteiger partial charge is 0.416 e. The van der Waals surface area contributed by atoms with E-state index in [0.717, 1.165) is 30.3 Å². The van der Waals surface area contributed by atoms with Gasteiger partial charge < -0.3 is 14.2 Å². The fourth-order valence-electron chi connectivity index (χ4n) is 3.29. The highest BCUT2D eigenvalue weighted by Crippen LogP contribution is 2.39. The molecule has 0 aliphatic heterocycles. The zero-order chi connectivity index (χ0) is 28.0. The van der Waals surface area contributed by atoms with Crippen LogP contribution in [0, 0.1) is 15.5 Å². The Labute approximate surface area is 213 Å². The number of nitro benzene ring substituents is 1. The van der Waals surface area contributed by atoms with Gasteiger partial charge in [0.2, 0.25) is 5.41 Å². The van der Waals surface area contributed by atoms with E-state index in [1.165, 1.54) is 13.8 Å². The average molecular weight is 544 g/mol. The van der Waals surface area contributed by atoms with Crippen LogP contribution in [0.25, 0.3) is 0 Å². The molecule has 2 rings (SSSR count). The monoisotopic (exact) mass is 543 g/mol. The lowest BCUT2D eigenvalue weighted by Crippen LogP contribution is -2.48. The summed E-state index contributed by atoms with van der Waals surface area (Å²) in [6, 6.07) is 5.04. The van der Waals surface area contributed by atoms with Gasteiger partial charge in [-0.2, -0.15) is 13.2 Å². The maximum absolute atomic E-state index is 13.7. The van der Waals surface area contributed by atoms with Gasteiger partial charge >= 0.3 is 18.1 Å². The zero-order valence-electron chi connectivity index (χ0n) is 19.6. The Morgan fingerprint density at radius 3 is 2.11 bits per heavy atom. The van der Waals surface area contributed by atoms with Crippen molar-refractivity contribution in [1.29, 1.82) is 0 Å². The highest BCUT2D eigenvalue weighted by Gasteiger charge is 2.56. The van der Waals surface area contributed by atoms with Crippen LogP contribution in [0.1, 0.15) is 36.2 Å². The molecule has 0 N–H and O–H groups in total. The number of hydrogen-bond donors (Lipinski definition) is 0. The molecule has 0 saturated carbocycles. The number of alkyl halides is 3. The van der Waals surface area contributed by atoms with Crippen LogP contribution < -0.4 is 4.74 Å². The Morgan fingerprint density at radius 1 is 1.05 bits per heavy atom. The minimum absolute atomic E-state index is 0.220. The van der Waals surface area contributed by atoms with E-state index in [1.54, 1.807) is 0 Å². The van der Waals surface area contributed by atoms with Crippen LogP contribution >= 0.6 is 11.6 Å². The van der Waals surface area contributed by atoms with E-state index in [4.69, 9.17) is 25.8 Å². The van der Waals surface area contributed by atoms with Gasteiger partial charge in [-0.3, -0.25) is 24.5 Å². The quantitative estimate of drug-likeness (QED) is 0.0853. The van der Waals surface area contributed by atoms with Crippen molar-refractivity contribution in [2.75, 3.05) is 13.2 Å². The fraction of sp³-hybridized carbons (Fsp3) is 0.292. The molecule has 0 bridgehead atoms. The molecule has 198 valence electrons. The third-order valence-electron chi connectivity index (χ3n) is 4.98. The lowest BCUT2D eigenvalue weighted by molar-refractivity contribution is -0.385. The lowest BCUT2D eigenvalue weighted by atomic mass is 9.76. The lowest BCUT2D eigenvalue weighted by Gasteiger charge is -2.26. The van der Waals surface area contributed by atoms with Crippen molar-refractivity contribution >= 4 is 35.0 Å². The molecular weight excluding hydrogens is 523 g/mol. The molecule has 13 heteroatoms. The second-order valence-electron chi connectivity index (χ2n) is 7.35. The molecule has 0 heterocycles. The Balaban J connectivity index is 2.67. The van der Waals surface area contributed by atoms with Crippen LogP contribution in [-0.2, 0) is 25.2 Å². The van der Waals surface area contributed by atoms with Crippen molar-refractivity contribution in [2.45, 2.75) is 26.4 Å². The first kappa shape index (κ1) is 29.3. The number of ketones is 1. The standard InChI is InChI=1S/C24H21ClF3NO8/c1-4-11-23(21(31)35-5-2,22(32)36-6-3)20(30)16-13-15(8-9-18(16)29(33)34)37-19-10-7-14(12-17(19)25)24(26,27)28/h4,7-10,12-13H,1,5-6,11H2,2-3H3. The second-order valence-corrected chi connectivity index (χ2v) is 7.76. The molecule has 0 aliphatic carbocycles. The SMILES string of the molecule is C=CCC(C(=O)OCC)(C(=O)OCC)C(=O)c1cc(Oc2ccc(C(F)(F)F)cc2Cl)ccc1[N+](=O)[O-]. The first-order valence-corrected chi connectivity index (χ1v) is 11.0. The summed E-state index contributed by atoms with van der Waals surface area (Å²) in [4.78, 5) is 50.2. The number of halogens is 4. The predicted octanol–water partition coefficient (Wildman–Crippen LogP) is 5.93. The van der Waals surface area contributed by atoms with E-state index < -0.39 is 62.5 Å². The van der Waals surface area contributed by atoms with E-state index in [-0.39, 0.29) is 24.7 Å². The van der Waals surface area contributed by atoms with Crippen LogP contribution in [0.4, 0.5) is 18.9 Å². The molecular formula is C24H21ClF3NO8. The van der Waals surface area contributed by atoms with Crippen molar-refractivity contribution in [2.24, 2.45) is 5.41 Å². The maximum atomic E-state index is 13.7. The third kappa shape index (κ3) is 6.26. The van der Waals surface area contributed by atoms with Crippen molar-refractivity contribution < 1.29 is 46.7 Å². The summed E-state index contributed by atoms with van der Waals surface area (Å²) in [5, 5.41) is 11.3. The van der Waals surface area contributed by atoms with Gasteiger partial charge in [-0.1, -0.05) is 17.7 Å². The predicted molar refractivity (Wildman–Crippen MR) is 124 cm³/mol. The molecule has 0 radical (unpaired) electrons. The van der Waals surface area contributed by atoms with Crippen LogP contribution in [0.2, 0.25) is 5.02 Å². The zero-order valence-corrected chi connectivity index (χ0v) is 20.4. The van der Waals surface area contributed by atoms with Gasteiger partial charge in [-0.25, -0.2) is 0 Å². The average Bonchev–Trinajstić information content (AvgIpc) is 2.82. The number of nitro groups is 1. The number of ether oxygens (including phenoxy) is 3. The molecule has 0 spiro atoms. The Bertz CT molecular complexity index is 1210. The van der Waals surface area contributed by atoms with Crippen LogP contribution in [0.5, 0.6) is 11.5 Å². The summed E-state index contributed by atoms with van der Waals surface area (Å²) in [5.41, 5.74) is -5.18. The molecule has 0 amide bonds. The molecule has 0 atom stereocenters.